The topological polar surface area (TPSA) is 77.2 Å². The number of hydrogen-bond donors (Lipinski definition) is 2. The molecule has 0 aliphatic heterocycles. The molecule has 0 radical (unpaired) electrons. The first-order valence-corrected chi connectivity index (χ1v) is 6.68. The maximum Gasteiger partial charge on any atom is 0.229 e. The van der Waals surface area contributed by atoms with Gasteiger partial charge in [0.1, 0.15) is 5.75 Å². The average molecular weight is 279 g/mol. The van der Waals surface area contributed by atoms with E-state index in [2.05, 4.69) is 10.3 Å². The maximum atomic E-state index is 12.0. The third kappa shape index (κ3) is 2.78. The first-order valence-electron chi connectivity index (χ1n) is 5.87. The van der Waals surface area contributed by atoms with Crippen molar-refractivity contribution in [3.05, 3.63) is 12.1 Å². The zero-order valence-corrected chi connectivity index (χ0v) is 12.2. The van der Waals surface area contributed by atoms with Crippen molar-refractivity contribution in [2.24, 2.45) is 5.41 Å². The molecule has 3 N–H and O–H groups in total. The molecule has 1 heterocycles. The molecule has 6 heteroatoms. The number of aromatic nitrogens is 1. The van der Waals surface area contributed by atoms with Crippen LogP contribution in [0, 0.1) is 5.41 Å². The highest BCUT2D eigenvalue weighted by molar-refractivity contribution is 7.22. The van der Waals surface area contributed by atoms with E-state index >= 15 is 0 Å². The number of ether oxygens (including phenoxy) is 1. The average Bonchev–Trinajstić information content (AvgIpc) is 2.65. The largest absolute Gasteiger partial charge is 0.494 e. The van der Waals surface area contributed by atoms with Crippen LogP contribution >= 0.6 is 11.3 Å². The number of rotatable bonds is 2. The van der Waals surface area contributed by atoms with Gasteiger partial charge in [0, 0.05) is 11.5 Å². The summed E-state index contributed by atoms with van der Waals surface area (Å²) in [5.41, 5.74) is 6.63. The van der Waals surface area contributed by atoms with Gasteiger partial charge in [-0.3, -0.25) is 4.79 Å². The van der Waals surface area contributed by atoms with E-state index in [1.165, 1.54) is 11.3 Å². The van der Waals surface area contributed by atoms with Gasteiger partial charge in [0.05, 0.1) is 23.0 Å². The standard InChI is InChI=1S/C13H17N3O2S/c1-13(2,3)11(17)15-7-6-10-8(5-9(7)18-4)16-12(14)19-10/h5-6H,1-4H3,(H2,14,16)(H,15,17). The van der Waals surface area contributed by atoms with Crippen molar-refractivity contribution < 1.29 is 9.53 Å². The molecule has 2 aromatic rings. The molecule has 0 atom stereocenters. The van der Waals surface area contributed by atoms with Crippen molar-refractivity contribution in [3.8, 4) is 5.75 Å². The van der Waals surface area contributed by atoms with E-state index in [-0.39, 0.29) is 5.91 Å². The lowest BCUT2D eigenvalue weighted by atomic mass is 9.95. The Bertz CT molecular complexity index is 629. The van der Waals surface area contributed by atoms with E-state index < -0.39 is 5.41 Å². The Kier molecular flexibility index (Phi) is 3.36. The van der Waals surface area contributed by atoms with Crippen LogP contribution in [0.15, 0.2) is 12.1 Å². The molecule has 19 heavy (non-hydrogen) atoms. The number of fused-ring (bicyclic) bond motifs is 1. The Hall–Kier alpha value is -1.82. The zero-order chi connectivity index (χ0) is 14.2. The molecule has 0 fully saturated rings. The molecule has 102 valence electrons. The van der Waals surface area contributed by atoms with E-state index in [0.29, 0.717) is 16.6 Å². The number of carbonyl (C=O) groups is 1. The highest BCUT2D eigenvalue weighted by Gasteiger charge is 2.22. The molecule has 0 saturated carbocycles. The monoisotopic (exact) mass is 279 g/mol. The first-order chi connectivity index (χ1) is 8.81. The summed E-state index contributed by atoms with van der Waals surface area (Å²) in [7, 11) is 1.56. The van der Waals surface area contributed by atoms with E-state index in [0.717, 1.165) is 10.2 Å². The van der Waals surface area contributed by atoms with Crippen LogP contribution in [0.3, 0.4) is 0 Å². The van der Waals surface area contributed by atoms with Gasteiger partial charge in [0.25, 0.3) is 0 Å². The van der Waals surface area contributed by atoms with Crippen molar-refractivity contribution in [3.63, 3.8) is 0 Å². The quantitative estimate of drug-likeness (QED) is 0.886. The highest BCUT2D eigenvalue weighted by atomic mass is 32.1. The minimum atomic E-state index is -0.466. The summed E-state index contributed by atoms with van der Waals surface area (Å²) in [6, 6.07) is 3.62. The molecule has 5 nitrogen and oxygen atoms in total. The summed E-state index contributed by atoms with van der Waals surface area (Å²) >= 11 is 1.38. The molecule has 0 bridgehead atoms. The summed E-state index contributed by atoms with van der Waals surface area (Å²) < 4.78 is 6.20. The number of nitrogens with one attached hydrogen (secondary N) is 1. The number of methoxy groups -OCH3 is 1. The number of anilines is 2. The van der Waals surface area contributed by atoms with Gasteiger partial charge in [0.2, 0.25) is 5.91 Å². The summed E-state index contributed by atoms with van der Waals surface area (Å²) in [5.74, 6) is 0.512. The van der Waals surface area contributed by atoms with Crippen molar-refractivity contribution in [2.75, 3.05) is 18.2 Å². The molecule has 0 spiro atoms. The van der Waals surface area contributed by atoms with Gasteiger partial charge in [-0.2, -0.15) is 0 Å². The smallest absolute Gasteiger partial charge is 0.229 e. The maximum absolute atomic E-state index is 12.0. The van der Waals surface area contributed by atoms with E-state index in [9.17, 15) is 4.79 Å². The molecule has 0 aliphatic carbocycles. The second kappa shape index (κ2) is 4.70. The van der Waals surface area contributed by atoms with Crippen LogP contribution in [0.1, 0.15) is 20.8 Å². The van der Waals surface area contributed by atoms with Crippen molar-refractivity contribution in [1.29, 1.82) is 0 Å². The summed E-state index contributed by atoms with van der Waals surface area (Å²) in [6.45, 7) is 5.58. The van der Waals surface area contributed by atoms with Crippen molar-refractivity contribution >= 4 is 38.3 Å². The van der Waals surface area contributed by atoms with Crippen LogP contribution in [0.4, 0.5) is 10.8 Å². The fourth-order valence-corrected chi connectivity index (χ4v) is 2.30. The molecular formula is C13H17N3O2S. The van der Waals surface area contributed by atoms with Crippen LogP contribution in [0.5, 0.6) is 5.75 Å². The molecule has 1 amide bonds. The minimum absolute atomic E-state index is 0.0670. The molecule has 2 rings (SSSR count). The molecule has 0 aliphatic rings. The van der Waals surface area contributed by atoms with Gasteiger partial charge in [-0.1, -0.05) is 32.1 Å². The van der Waals surface area contributed by atoms with Crippen LogP contribution in [-0.2, 0) is 4.79 Å². The predicted octanol–water partition coefficient (Wildman–Crippen LogP) is 2.87. The normalized spacial score (nSPS) is 11.6. The number of nitrogens with zero attached hydrogens (tertiary/aromatic N) is 1. The van der Waals surface area contributed by atoms with Gasteiger partial charge >= 0.3 is 0 Å². The zero-order valence-electron chi connectivity index (χ0n) is 11.4. The van der Waals surface area contributed by atoms with Gasteiger partial charge in [0.15, 0.2) is 5.13 Å². The van der Waals surface area contributed by atoms with Crippen LogP contribution in [-0.4, -0.2) is 18.0 Å². The summed E-state index contributed by atoms with van der Waals surface area (Å²) in [5, 5.41) is 3.37. The van der Waals surface area contributed by atoms with Gasteiger partial charge < -0.3 is 15.8 Å². The molecule has 0 saturated heterocycles. The number of carbonyl (C=O) groups excluding carboxylic acids is 1. The molecule has 0 unspecified atom stereocenters. The fraction of sp³-hybridized carbons (Fsp3) is 0.385. The summed E-state index contributed by atoms with van der Waals surface area (Å²) in [6.07, 6.45) is 0. The van der Waals surface area contributed by atoms with Gasteiger partial charge in [-0.25, -0.2) is 4.98 Å². The number of hydrogen-bond acceptors (Lipinski definition) is 5. The van der Waals surface area contributed by atoms with Crippen LogP contribution in [0.2, 0.25) is 0 Å². The van der Waals surface area contributed by atoms with Crippen molar-refractivity contribution in [2.45, 2.75) is 20.8 Å². The highest BCUT2D eigenvalue weighted by Crippen LogP contribution is 2.34. The number of nitrogens with two attached hydrogens (primary N) is 1. The number of nitrogen functional groups attached to an aromatic ring is 1. The van der Waals surface area contributed by atoms with Crippen LogP contribution in [0.25, 0.3) is 10.2 Å². The minimum Gasteiger partial charge on any atom is -0.494 e. The van der Waals surface area contributed by atoms with Crippen LogP contribution < -0.4 is 15.8 Å². The Morgan fingerprint density at radius 3 is 2.68 bits per heavy atom. The lowest BCUT2D eigenvalue weighted by Crippen LogP contribution is -2.27. The Morgan fingerprint density at radius 2 is 2.11 bits per heavy atom. The second-order valence-electron chi connectivity index (χ2n) is 5.28. The Balaban J connectivity index is 2.43. The van der Waals surface area contributed by atoms with Gasteiger partial charge in [-0.05, 0) is 6.07 Å². The Labute approximate surface area is 115 Å². The van der Waals surface area contributed by atoms with E-state index in [1.807, 2.05) is 26.8 Å². The SMILES string of the molecule is COc1cc2nc(N)sc2cc1NC(=O)C(C)(C)C. The molecule has 1 aromatic heterocycles. The predicted molar refractivity (Wildman–Crippen MR) is 78.7 cm³/mol. The molecular weight excluding hydrogens is 262 g/mol. The van der Waals surface area contributed by atoms with Crippen molar-refractivity contribution in [1.82, 2.24) is 4.98 Å². The number of thiazole rings is 1. The summed E-state index contributed by atoms with van der Waals surface area (Å²) in [4.78, 5) is 16.2. The molecule has 1 aromatic carbocycles. The lowest BCUT2D eigenvalue weighted by Gasteiger charge is -2.19. The fourth-order valence-electron chi connectivity index (χ4n) is 1.55. The number of benzene rings is 1. The Morgan fingerprint density at radius 1 is 1.42 bits per heavy atom. The van der Waals surface area contributed by atoms with E-state index in [4.69, 9.17) is 10.5 Å². The number of amides is 1. The second-order valence-corrected chi connectivity index (χ2v) is 6.34. The first kappa shape index (κ1) is 13.6. The third-order valence-electron chi connectivity index (χ3n) is 2.66. The van der Waals surface area contributed by atoms with Gasteiger partial charge in [-0.15, -0.1) is 0 Å². The third-order valence-corrected chi connectivity index (χ3v) is 3.50. The van der Waals surface area contributed by atoms with E-state index in [1.54, 1.807) is 13.2 Å². The lowest BCUT2D eigenvalue weighted by molar-refractivity contribution is -0.123.